The SMILES string of the molecule is CN=C(NCC(=O)N1CCc2ccccc2C1)N1CCN(c2ncccn2)CC1. The largest absolute Gasteiger partial charge is 0.347 e. The van der Waals surface area contributed by atoms with Gasteiger partial charge in [0.25, 0.3) is 0 Å². The van der Waals surface area contributed by atoms with E-state index < -0.39 is 0 Å². The van der Waals surface area contributed by atoms with E-state index >= 15 is 0 Å². The molecule has 2 aromatic rings. The number of aromatic nitrogens is 2. The third-order valence-electron chi connectivity index (χ3n) is 5.51. The molecule has 2 aliphatic rings. The Bertz CT molecular complexity index is 862. The van der Waals surface area contributed by atoms with E-state index in [0.717, 1.165) is 51.1 Å². The molecule has 0 unspecified atom stereocenters. The second-order valence-electron chi connectivity index (χ2n) is 7.26. The van der Waals surface area contributed by atoms with E-state index in [1.165, 1.54) is 11.1 Å². The average Bonchev–Trinajstić information content (AvgIpc) is 2.80. The van der Waals surface area contributed by atoms with Gasteiger partial charge in [-0.25, -0.2) is 9.97 Å². The summed E-state index contributed by atoms with van der Waals surface area (Å²) in [5.74, 6) is 1.64. The van der Waals surface area contributed by atoms with Gasteiger partial charge in [0.15, 0.2) is 5.96 Å². The fraction of sp³-hybridized carbons (Fsp3) is 0.429. The molecule has 0 atom stereocenters. The van der Waals surface area contributed by atoms with Gasteiger partial charge in [0, 0.05) is 58.7 Å². The second kappa shape index (κ2) is 8.89. The lowest BCUT2D eigenvalue weighted by atomic mass is 10.00. The molecule has 1 amide bonds. The molecule has 1 N–H and O–H groups in total. The summed E-state index contributed by atoms with van der Waals surface area (Å²) in [6, 6.07) is 10.2. The van der Waals surface area contributed by atoms with Gasteiger partial charge in [0.1, 0.15) is 0 Å². The highest BCUT2D eigenvalue weighted by Crippen LogP contribution is 2.18. The van der Waals surface area contributed by atoms with Gasteiger partial charge in [-0.1, -0.05) is 24.3 Å². The van der Waals surface area contributed by atoms with Crippen LogP contribution in [0.1, 0.15) is 11.1 Å². The minimum atomic E-state index is 0.108. The number of guanidine groups is 1. The highest BCUT2D eigenvalue weighted by molar-refractivity contribution is 5.86. The Morgan fingerprint density at radius 1 is 1.00 bits per heavy atom. The fourth-order valence-electron chi connectivity index (χ4n) is 3.88. The van der Waals surface area contributed by atoms with Crippen molar-refractivity contribution < 1.29 is 4.79 Å². The molecule has 1 saturated heterocycles. The Morgan fingerprint density at radius 2 is 1.72 bits per heavy atom. The molecule has 0 spiro atoms. The van der Waals surface area contributed by atoms with Crippen LogP contribution in [0.4, 0.5) is 5.95 Å². The maximum Gasteiger partial charge on any atom is 0.242 e. The Balaban J connectivity index is 1.27. The fourth-order valence-corrected chi connectivity index (χ4v) is 3.88. The molecule has 29 heavy (non-hydrogen) atoms. The number of carbonyl (C=O) groups excluding carboxylic acids is 1. The normalized spacial score (nSPS) is 17.1. The Labute approximate surface area is 171 Å². The zero-order valence-corrected chi connectivity index (χ0v) is 16.8. The van der Waals surface area contributed by atoms with Crippen LogP contribution in [0, 0.1) is 0 Å². The zero-order chi connectivity index (χ0) is 20.1. The van der Waals surface area contributed by atoms with E-state index in [0.29, 0.717) is 6.54 Å². The van der Waals surface area contributed by atoms with Gasteiger partial charge in [0.05, 0.1) is 6.54 Å². The van der Waals surface area contributed by atoms with Gasteiger partial charge in [-0.05, 0) is 23.6 Å². The van der Waals surface area contributed by atoms with Gasteiger partial charge >= 0.3 is 0 Å². The maximum atomic E-state index is 12.7. The predicted molar refractivity (Wildman–Crippen MR) is 113 cm³/mol. The van der Waals surface area contributed by atoms with Crippen LogP contribution in [0.15, 0.2) is 47.7 Å². The highest BCUT2D eigenvalue weighted by Gasteiger charge is 2.23. The van der Waals surface area contributed by atoms with E-state index in [9.17, 15) is 4.79 Å². The number of nitrogens with one attached hydrogen (secondary N) is 1. The number of rotatable bonds is 3. The van der Waals surface area contributed by atoms with Crippen LogP contribution in [-0.4, -0.2) is 78.0 Å². The number of anilines is 1. The molecule has 0 aliphatic carbocycles. The smallest absolute Gasteiger partial charge is 0.242 e. The van der Waals surface area contributed by atoms with E-state index in [1.807, 2.05) is 17.0 Å². The minimum Gasteiger partial charge on any atom is -0.347 e. The Morgan fingerprint density at radius 3 is 2.45 bits per heavy atom. The molecule has 1 fully saturated rings. The first-order valence-electron chi connectivity index (χ1n) is 10.1. The first-order valence-corrected chi connectivity index (χ1v) is 10.1. The summed E-state index contributed by atoms with van der Waals surface area (Å²) in [6.45, 7) is 4.98. The molecule has 8 nitrogen and oxygen atoms in total. The zero-order valence-electron chi connectivity index (χ0n) is 16.8. The van der Waals surface area contributed by atoms with Crippen molar-refractivity contribution in [1.82, 2.24) is 25.1 Å². The number of hydrogen-bond donors (Lipinski definition) is 1. The lowest BCUT2D eigenvalue weighted by molar-refractivity contribution is -0.130. The van der Waals surface area contributed by atoms with Crippen LogP contribution in [-0.2, 0) is 17.8 Å². The molecule has 1 aromatic carbocycles. The summed E-state index contributed by atoms with van der Waals surface area (Å²) in [6.07, 6.45) is 4.44. The summed E-state index contributed by atoms with van der Waals surface area (Å²) in [5, 5.41) is 3.25. The number of piperazine rings is 1. The van der Waals surface area contributed by atoms with Gasteiger partial charge in [-0.15, -0.1) is 0 Å². The molecular weight excluding hydrogens is 366 g/mol. The molecule has 8 heteroatoms. The summed E-state index contributed by atoms with van der Waals surface area (Å²) < 4.78 is 0. The minimum absolute atomic E-state index is 0.108. The molecular formula is C21H27N7O. The van der Waals surface area contributed by atoms with Crippen molar-refractivity contribution in [3.63, 3.8) is 0 Å². The van der Waals surface area contributed by atoms with Gasteiger partial charge in [-0.3, -0.25) is 9.79 Å². The van der Waals surface area contributed by atoms with Crippen molar-refractivity contribution in [3.05, 3.63) is 53.9 Å². The van der Waals surface area contributed by atoms with E-state index in [2.05, 4.69) is 48.3 Å². The number of aliphatic imine (C=N–C) groups is 1. The first kappa shape index (κ1) is 19.2. The number of nitrogens with zero attached hydrogens (tertiary/aromatic N) is 6. The van der Waals surface area contributed by atoms with Crippen LogP contribution >= 0.6 is 0 Å². The molecule has 3 heterocycles. The number of amides is 1. The molecule has 2 aliphatic heterocycles. The lowest BCUT2D eigenvalue weighted by Crippen LogP contribution is -2.54. The van der Waals surface area contributed by atoms with Crippen molar-refractivity contribution in [1.29, 1.82) is 0 Å². The molecule has 152 valence electrons. The quantitative estimate of drug-likeness (QED) is 0.613. The topological polar surface area (TPSA) is 77.0 Å². The second-order valence-corrected chi connectivity index (χ2v) is 7.26. The van der Waals surface area contributed by atoms with Gasteiger partial charge in [-0.2, -0.15) is 0 Å². The van der Waals surface area contributed by atoms with Crippen LogP contribution in [0.5, 0.6) is 0 Å². The maximum absolute atomic E-state index is 12.7. The lowest BCUT2D eigenvalue weighted by Gasteiger charge is -2.36. The van der Waals surface area contributed by atoms with Crippen LogP contribution in [0.25, 0.3) is 0 Å². The summed E-state index contributed by atoms with van der Waals surface area (Å²) in [4.78, 5) is 32.0. The van der Waals surface area contributed by atoms with Crippen molar-refractivity contribution in [2.45, 2.75) is 13.0 Å². The van der Waals surface area contributed by atoms with E-state index in [4.69, 9.17) is 0 Å². The summed E-state index contributed by atoms with van der Waals surface area (Å²) in [5.41, 5.74) is 2.59. The number of fused-ring (bicyclic) bond motifs is 1. The third kappa shape index (κ3) is 4.47. The summed E-state index contributed by atoms with van der Waals surface area (Å²) in [7, 11) is 1.76. The van der Waals surface area contributed by atoms with Crippen molar-refractivity contribution in [2.75, 3.05) is 51.2 Å². The van der Waals surface area contributed by atoms with E-state index in [-0.39, 0.29) is 12.5 Å². The van der Waals surface area contributed by atoms with Crippen LogP contribution in [0.2, 0.25) is 0 Å². The van der Waals surface area contributed by atoms with Crippen LogP contribution < -0.4 is 10.2 Å². The molecule has 0 bridgehead atoms. The highest BCUT2D eigenvalue weighted by atomic mass is 16.2. The molecule has 4 rings (SSSR count). The number of hydrogen-bond acceptors (Lipinski definition) is 5. The van der Waals surface area contributed by atoms with Gasteiger partial charge in [0.2, 0.25) is 11.9 Å². The summed E-state index contributed by atoms with van der Waals surface area (Å²) >= 11 is 0. The van der Waals surface area contributed by atoms with Crippen LogP contribution in [0.3, 0.4) is 0 Å². The average molecular weight is 393 g/mol. The monoisotopic (exact) mass is 393 g/mol. The number of carbonyl (C=O) groups is 1. The Hall–Kier alpha value is -3.16. The van der Waals surface area contributed by atoms with Crippen molar-refractivity contribution >= 4 is 17.8 Å². The van der Waals surface area contributed by atoms with E-state index in [1.54, 1.807) is 19.4 Å². The van der Waals surface area contributed by atoms with Gasteiger partial charge < -0.3 is 20.0 Å². The standard InChI is InChI=1S/C21H27N7O/c1-22-20(26-11-13-27(14-12-26)21-23-8-4-9-24-21)25-15-19(29)28-10-7-17-5-2-3-6-18(17)16-28/h2-6,8-9H,7,10-16H2,1H3,(H,22,25). The predicted octanol–water partition coefficient (Wildman–Crippen LogP) is 0.759. The molecule has 0 radical (unpaired) electrons. The number of benzene rings is 1. The molecule has 1 aromatic heterocycles. The first-order chi connectivity index (χ1) is 14.2. The van der Waals surface area contributed by atoms with Crippen molar-refractivity contribution in [3.8, 4) is 0 Å². The molecule has 0 saturated carbocycles. The Kier molecular flexibility index (Phi) is 5.88. The third-order valence-corrected chi connectivity index (χ3v) is 5.51. The van der Waals surface area contributed by atoms with Crippen molar-refractivity contribution in [2.24, 2.45) is 4.99 Å².